The minimum Gasteiger partial charge on any atom is -0.370 e. The maximum absolute atomic E-state index is 11.0. The molecule has 0 amide bonds. The second-order valence-corrected chi connectivity index (χ2v) is 6.12. The predicted octanol–water partition coefficient (Wildman–Crippen LogP) is 0.440. The van der Waals surface area contributed by atoms with Gasteiger partial charge in [0.25, 0.3) is 10.1 Å². The van der Waals surface area contributed by atoms with Crippen LogP contribution in [0.3, 0.4) is 0 Å². The molecular formula is C8H12O4S. The van der Waals surface area contributed by atoms with Gasteiger partial charge in [0, 0.05) is 0 Å². The Morgan fingerprint density at radius 2 is 2.23 bits per heavy atom. The first-order valence-corrected chi connectivity index (χ1v) is 6.09. The lowest BCUT2D eigenvalue weighted by Crippen LogP contribution is -2.35. The van der Waals surface area contributed by atoms with E-state index in [0.29, 0.717) is 18.3 Å². The standard InChI is InChI=1S/C8H12O4S/c1-4-5-3-8(5)7(13(9,10)11)2-6(4)12-8/h4-7H,2-3H2,1H3,(H,9,10,11). The van der Waals surface area contributed by atoms with Crippen LogP contribution < -0.4 is 0 Å². The third-order valence-corrected chi connectivity index (χ3v) is 5.26. The summed E-state index contributed by atoms with van der Waals surface area (Å²) in [6, 6.07) is 0. The van der Waals surface area contributed by atoms with Crippen molar-refractivity contribution in [2.45, 2.75) is 36.7 Å². The molecule has 0 radical (unpaired) electrons. The fourth-order valence-electron chi connectivity index (χ4n) is 3.19. The molecule has 13 heavy (non-hydrogen) atoms. The molecule has 1 spiro atoms. The molecule has 5 heteroatoms. The summed E-state index contributed by atoms with van der Waals surface area (Å²) in [7, 11) is -3.90. The van der Waals surface area contributed by atoms with E-state index in [1.807, 2.05) is 0 Å². The van der Waals surface area contributed by atoms with Gasteiger partial charge < -0.3 is 4.74 Å². The van der Waals surface area contributed by atoms with Crippen molar-refractivity contribution in [3.63, 3.8) is 0 Å². The van der Waals surface area contributed by atoms with Crippen LogP contribution in [-0.4, -0.2) is 29.9 Å². The molecule has 4 nitrogen and oxygen atoms in total. The maximum Gasteiger partial charge on any atom is 0.270 e. The van der Waals surface area contributed by atoms with Crippen molar-refractivity contribution >= 4 is 10.1 Å². The second kappa shape index (κ2) is 1.94. The number of rotatable bonds is 1. The Bertz CT molecular complexity index is 360. The van der Waals surface area contributed by atoms with Crippen molar-refractivity contribution in [2.24, 2.45) is 11.8 Å². The summed E-state index contributed by atoms with van der Waals surface area (Å²) in [5.74, 6) is 0.844. The number of hydrogen-bond donors (Lipinski definition) is 1. The molecule has 74 valence electrons. The van der Waals surface area contributed by atoms with Crippen LogP contribution >= 0.6 is 0 Å². The van der Waals surface area contributed by atoms with Crippen LogP contribution in [0.25, 0.3) is 0 Å². The molecule has 0 aromatic heterocycles. The van der Waals surface area contributed by atoms with E-state index in [1.165, 1.54) is 0 Å². The van der Waals surface area contributed by atoms with Crippen LogP contribution in [-0.2, 0) is 14.9 Å². The van der Waals surface area contributed by atoms with Gasteiger partial charge in [-0.3, -0.25) is 4.55 Å². The third kappa shape index (κ3) is 0.806. The molecule has 2 saturated heterocycles. The molecular weight excluding hydrogens is 192 g/mol. The summed E-state index contributed by atoms with van der Waals surface area (Å²) in [5, 5.41) is -0.647. The normalized spacial score (nSPS) is 58.0. The van der Waals surface area contributed by atoms with E-state index in [9.17, 15) is 8.42 Å². The van der Waals surface area contributed by atoms with E-state index >= 15 is 0 Å². The highest BCUT2D eigenvalue weighted by Crippen LogP contribution is 2.68. The molecule has 5 atom stereocenters. The van der Waals surface area contributed by atoms with Crippen LogP contribution in [0.15, 0.2) is 0 Å². The second-order valence-electron chi connectivity index (χ2n) is 4.52. The van der Waals surface area contributed by atoms with Crippen molar-refractivity contribution < 1.29 is 17.7 Å². The molecule has 3 aliphatic rings. The minimum atomic E-state index is -3.90. The van der Waals surface area contributed by atoms with E-state index < -0.39 is 21.0 Å². The van der Waals surface area contributed by atoms with Crippen LogP contribution in [0.1, 0.15) is 19.8 Å². The van der Waals surface area contributed by atoms with E-state index in [0.717, 1.165) is 6.42 Å². The Morgan fingerprint density at radius 1 is 1.54 bits per heavy atom. The van der Waals surface area contributed by atoms with Gasteiger partial charge in [-0.2, -0.15) is 8.42 Å². The van der Waals surface area contributed by atoms with Gasteiger partial charge in [-0.1, -0.05) is 6.92 Å². The first kappa shape index (κ1) is 8.20. The topological polar surface area (TPSA) is 63.6 Å². The van der Waals surface area contributed by atoms with Gasteiger partial charge in [-0.05, 0) is 24.7 Å². The summed E-state index contributed by atoms with van der Waals surface area (Å²) >= 11 is 0. The SMILES string of the molecule is CC1C2CC(S(=O)(=O)O)C3(CC13)O2. The zero-order chi connectivity index (χ0) is 9.43. The maximum atomic E-state index is 11.0. The Morgan fingerprint density at radius 3 is 2.69 bits per heavy atom. The highest BCUT2D eigenvalue weighted by atomic mass is 32.2. The Hall–Kier alpha value is -0.130. The van der Waals surface area contributed by atoms with Gasteiger partial charge >= 0.3 is 0 Å². The quantitative estimate of drug-likeness (QED) is 0.629. The average Bonchev–Trinajstić information content (AvgIpc) is 2.45. The number of fused-ring (bicyclic) bond motifs is 1. The molecule has 2 bridgehead atoms. The highest BCUT2D eigenvalue weighted by Gasteiger charge is 2.76. The van der Waals surface area contributed by atoms with E-state index in [-0.39, 0.29) is 6.10 Å². The first-order chi connectivity index (χ1) is 5.95. The van der Waals surface area contributed by atoms with Gasteiger partial charge in [0.05, 0.1) is 11.7 Å². The smallest absolute Gasteiger partial charge is 0.270 e. The summed E-state index contributed by atoms with van der Waals surface area (Å²) < 4.78 is 36.7. The molecule has 2 heterocycles. The number of ether oxygens (including phenoxy) is 1. The zero-order valence-electron chi connectivity index (χ0n) is 7.30. The summed E-state index contributed by atoms with van der Waals surface area (Å²) in [6.45, 7) is 2.10. The molecule has 3 fully saturated rings. The number of hydrogen-bond acceptors (Lipinski definition) is 3. The van der Waals surface area contributed by atoms with Crippen molar-refractivity contribution in [1.82, 2.24) is 0 Å². The van der Waals surface area contributed by atoms with Crippen LogP contribution in [0.4, 0.5) is 0 Å². The molecule has 0 aromatic rings. The third-order valence-electron chi connectivity index (χ3n) is 3.95. The Balaban J connectivity index is 2.00. The van der Waals surface area contributed by atoms with Gasteiger partial charge in [0.1, 0.15) is 5.25 Å². The van der Waals surface area contributed by atoms with Crippen LogP contribution in [0.5, 0.6) is 0 Å². The van der Waals surface area contributed by atoms with Gasteiger partial charge in [0.15, 0.2) is 0 Å². The van der Waals surface area contributed by atoms with Crippen molar-refractivity contribution in [1.29, 1.82) is 0 Å². The summed E-state index contributed by atoms with van der Waals surface area (Å²) in [6.07, 6.45) is 1.36. The predicted molar refractivity (Wildman–Crippen MR) is 44.8 cm³/mol. The minimum absolute atomic E-state index is 0.0608. The summed E-state index contributed by atoms with van der Waals surface area (Å²) in [5.41, 5.74) is -0.488. The molecule has 0 aromatic carbocycles. The zero-order valence-corrected chi connectivity index (χ0v) is 8.12. The van der Waals surface area contributed by atoms with Crippen LogP contribution in [0.2, 0.25) is 0 Å². The average molecular weight is 204 g/mol. The lowest BCUT2D eigenvalue weighted by atomic mass is 9.90. The Labute approximate surface area is 77.0 Å². The van der Waals surface area contributed by atoms with Gasteiger partial charge in [0.2, 0.25) is 0 Å². The van der Waals surface area contributed by atoms with E-state index in [4.69, 9.17) is 9.29 Å². The molecule has 2 aliphatic heterocycles. The van der Waals surface area contributed by atoms with Crippen molar-refractivity contribution in [3.05, 3.63) is 0 Å². The van der Waals surface area contributed by atoms with E-state index in [2.05, 4.69) is 6.92 Å². The molecule has 1 saturated carbocycles. The largest absolute Gasteiger partial charge is 0.370 e. The van der Waals surface area contributed by atoms with Crippen LogP contribution in [0, 0.1) is 11.8 Å². The molecule has 3 rings (SSSR count). The van der Waals surface area contributed by atoms with Gasteiger partial charge in [-0.15, -0.1) is 0 Å². The first-order valence-electron chi connectivity index (χ1n) is 4.59. The lowest BCUT2D eigenvalue weighted by Gasteiger charge is -2.18. The molecule has 1 N–H and O–H groups in total. The highest BCUT2D eigenvalue weighted by molar-refractivity contribution is 7.86. The fourth-order valence-corrected chi connectivity index (χ4v) is 4.46. The summed E-state index contributed by atoms with van der Waals surface area (Å²) in [4.78, 5) is 0. The monoisotopic (exact) mass is 204 g/mol. The van der Waals surface area contributed by atoms with Crippen molar-refractivity contribution in [3.8, 4) is 0 Å². The fraction of sp³-hybridized carbons (Fsp3) is 1.00. The van der Waals surface area contributed by atoms with Crippen molar-refractivity contribution in [2.75, 3.05) is 0 Å². The molecule has 5 unspecified atom stereocenters. The van der Waals surface area contributed by atoms with E-state index in [1.54, 1.807) is 0 Å². The van der Waals surface area contributed by atoms with Gasteiger partial charge in [-0.25, -0.2) is 0 Å². The molecule has 1 aliphatic carbocycles. The lowest BCUT2D eigenvalue weighted by molar-refractivity contribution is 0.0509. The Kier molecular flexibility index (Phi) is 1.23.